The van der Waals surface area contributed by atoms with Gasteiger partial charge in [0.1, 0.15) is 5.82 Å². The van der Waals surface area contributed by atoms with Crippen LogP contribution in [0.1, 0.15) is 43.4 Å². The molecule has 0 unspecified atom stereocenters. The number of piperazine rings is 1. The van der Waals surface area contributed by atoms with Crippen molar-refractivity contribution in [1.29, 1.82) is 0 Å². The van der Waals surface area contributed by atoms with Crippen LogP contribution in [-0.2, 0) is 17.8 Å². The van der Waals surface area contributed by atoms with Crippen LogP contribution >= 0.6 is 0 Å². The van der Waals surface area contributed by atoms with E-state index in [4.69, 9.17) is 4.98 Å². The molecule has 1 aliphatic carbocycles. The van der Waals surface area contributed by atoms with Gasteiger partial charge in [0.25, 0.3) is 0 Å². The van der Waals surface area contributed by atoms with Crippen LogP contribution < -0.4 is 4.90 Å². The fraction of sp³-hybridized carbons (Fsp3) is 0.727. The van der Waals surface area contributed by atoms with Gasteiger partial charge in [0.05, 0.1) is 12.2 Å². The van der Waals surface area contributed by atoms with Gasteiger partial charge in [-0.25, -0.2) is 4.98 Å². The molecule has 0 aromatic carbocycles. The van der Waals surface area contributed by atoms with Gasteiger partial charge >= 0.3 is 0 Å². The van der Waals surface area contributed by atoms with Gasteiger partial charge in [0.2, 0.25) is 5.91 Å². The Morgan fingerprint density at radius 2 is 1.75 bits per heavy atom. The Labute approximate surface area is 168 Å². The number of carbonyl (C=O) groups excluding carboxylic acids is 1. The predicted molar refractivity (Wildman–Crippen MR) is 110 cm³/mol. The molecule has 1 aromatic heterocycles. The Morgan fingerprint density at radius 1 is 0.964 bits per heavy atom. The first-order valence-electron chi connectivity index (χ1n) is 11.2. The van der Waals surface area contributed by atoms with Crippen LogP contribution in [0.15, 0.2) is 12.1 Å². The SMILES string of the molecule is O=C(CN1CCc2ccc(N3CCCC3)nc2C1)N1CCN(C2CCC2)CC1. The molecule has 6 nitrogen and oxygen atoms in total. The third-order valence-corrected chi connectivity index (χ3v) is 7.17. The van der Waals surface area contributed by atoms with Crippen LogP contribution in [-0.4, -0.2) is 84.0 Å². The fourth-order valence-electron chi connectivity index (χ4n) is 5.09. The number of fused-ring (bicyclic) bond motifs is 1. The third kappa shape index (κ3) is 3.77. The van der Waals surface area contributed by atoms with Gasteiger partial charge in [0, 0.05) is 58.4 Å². The van der Waals surface area contributed by atoms with E-state index in [9.17, 15) is 4.79 Å². The zero-order valence-electron chi connectivity index (χ0n) is 17.0. The Hall–Kier alpha value is -1.66. The second-order valence-electron chi connectivity index (χ2n) is 8.93. The number of amides is 1. The van der Waals surface area contributed by atoms with Crippen LogP contribution in [0.4, 0.5) is 5.82 Å². The Bertz CT molecular complexity index is 705. The van der Waals surface area contributed by atoms with E-state index < -0.39 is 0 Å². The molecule has 0 spiro atoms. The minimum absolute atomic E-state index is 0.299. The minimum Gasteiger partial charge on any atom is -0.357 e. The van der Waals surface area contributed by atoms with E-state index >= 15 is 0 Å². The average molecular weight is 384 g/mol. The van der Waals surface area contributed by atoms with Crippen LogP contribution in [0.5, 0.6) is 0 Å². The van der Waals surface area contributed by atoms with Gasteiger partial charge < -0.3 is 9.80 Å². The highest BCUT2D eigenvalue weighted by Gasteiger charge is 2.30. The maximum absolute atomic E-state index is 12.9. The van der Waals surface area contributed by atoms with Crippen molar-refractivity contribution in [2.24, 2.45) is 0 Å². The third-order valence-electron chi connectivity index (χ3n) is 7.17. The van der Waals surface area contributed by atoms with Gasteiger partial charge in [-0.1, -0.05) is 12.5 Å². The quantitative estimate of drug-likeness (QED) is 0.792. The first-order chi connectivity index (χ1) is 13.8. The van der Waals surface area contributed by atoms with Gasteiger partial charge in [-0.05, 0) is 43.7 Å². The lowest BCUT2D eigenvalue weighted by Gasteiger charge is -2.43. The Kier molecular flexibility index (Phi) is 5.24. The molecule has 1 saturated carbocycles. The second kappa shape index (κ2) is 7.99. The van der Waals surface area contributed by atoms with Crippen molar-refractivity contribution in [2.75, 3.05) is 57.3 Å². The van der Waals surface area contributed by atoms with E-state index in [1.165, 1.54) is 43.4 Å². The van der Waals surface area contributed by atoms with Crippen molar-refractivity contribution in [2.45, 2.75) is 51.1 Å². The summed E-state index contributed by atoms with van der Waals surface area (Å²) in [6, 6.07) is 5.24. The molecule has 4 aliphatic rings. The number of pyridine rings is 1. The Morgan fingerprint density at radius 3 is 2.46 bits per heavy atom. The van der Waals surface area contributed by atoms with Crippen molar-refractivity contribution in [1.82, 2.24) is 19.7 Å². The monoisotopic (exact) mass is 383 g/mol. The summed E-state index contributed by atoms with van der Waals surface area (Å²) in [6.07, 6.45) is 7.64. The normalized spacial score (nSPS) is 24.3. The molecule has 6 heteroatoms. The van der Waals surface area contributed by atoms with Crippen LogP contribution in [0.2, 0.25) is 0 Å². The zero-order valence-corrected chi connectivity index (χ0v) is 17.0. The molecule has 5 rings (SSSR count). The van der Waals surface area contributed by atoms with Crippen LogP contribution in [0.25, 0.3) is 0 Å². The number of carbonyl (C=O) groups is 1. The average Bonchev–Trinajstić information content (AvgIpc) is 3.21. The molecule has 152 valence electrons. The van der Waals surface area contributed by atoms with Gasteiger partial charge in [-0.2, -0.15) is 0 Å². The van der Waals surface area contributed by atoms with Gasteiger partial charge in [-0.3, -0.25) is 14.6 Å². The molecule has 2 saturated heterocycles. The molecule has 4 heterocycles. The number of anilines is 1. The lowest BCUT2D eigenvalue weighted by Crippen LogP contribution is -2.55. The summed E-state index contributed by atoms with van der Waals surface area (Å²) in [5, 5.41) is 0. The summed E-state index contributed by atoms with van der Waals surface area (Å²) in [4.78, 5) is 27.2. The second-order valence-corrected chi connectivity index (χ2v) is 8.93. The number of rotatable bonds is 4. The summed E-state index contributed by atoms with van der Waals surface area (Å²) in [6.45, 7) is 8.48. The van der Waals surface area contributed by atoms with Crippen molar-refractivity contribution >= 4 is 11.7 Å². The topological polar surface area (TPSA) is 42.9 Å². The lowest BCUT2D eigenvalue weighted by molar-refractivity contribution is -0.135. The summed E-state index contributed by atoms with van der Waals surface area (Å²) in [5.41, 5.74) is 2.54. The molecular weight excluding hydrogens is 350 g/mol. The smallest absolute Gasteiger partial charge is 0.236 e. The summed E-state index contributed by atoms with van der Waals surface area (Å²) >= 11 is 0. The van der Waals surface area contributed by atoms with Gasteiger partial charge in [-0.15, -0.1) is 0 Å². The molecular formula is C22H33N5O. The minimum atomic E-state index is 0.299. The molecule has 3 fully saturated rings. The highest BCUT2D eigenvalue weighted by atomic mass is 16.2. The highest BCUT2D eigenvalue weighted by molar-refractivity contribution is 5.78. The first kappa shape index (κ1) is 18.4. The summed E-state index contributed by atoms with van der Waals surface area (Å²) in [5.74, 6) is 1.42. The predicted octanol–water partition coefficient (Wildman–Crippen LogP) is 1.74. The van der Waals surface area contributed by atoms with Crippen molar-refractivity contribution < 1.29 is 4.79 Å². The molecule has 0 atom stereocenters. The van der Waals surface area contributed by atoms with E-state index in [2.05, 4.69) is 31.7 Å². The Balaban J connectivity index is 1.16. The standard InChI is InChI=1S/C22H33N5O/c28-22(27-14-12-25(13-15-27)19-4-3-5-19)17-24-11-8-18-6-7-21(23-20(18)16-24)26-9-1-2-10-26/h6-7,19H,1-5,8-17H2. The lowest BCUT2D eigenvalue weighted by atomic mass is 9.91. The fourth-order valence-corrected chi connectivity index (χ4v) is 5.09. The van der Waals surface area contributed by atoms with E-state index in [0.29, 0.717) is 12.5 Å². The van der Waals surface area contributed by atoms with E-state index in [1.54, 1.807) is 0 Å². The summed E-state index contributed by atoms with van der Waals surface area (Å²) in [7, 11) is 0. The van der Waals surface area contributed by atoms with Crippen LogP contribution in [0, 0.1) is 0 Å². The maximum atomic E-state index is 12.9. The van der Waals surface area contributed by atoms with E-state index in [-0.39, 0.29) is 0 Å². The van der Waals surface area contributed by atoms with Crippen molar-refractivity contribution in [3.05, 3.63) is 23.4 Å². The summed E-state index contributed by atoms with van der Waals surface area (Å²) < 4.78 is 0. The van der Waals surface area contributed by atoms with Crippen LogP contribution in [0.3, 0.4) is 0 Å². The molecule has 1 aromatic rings. The van der Waals surface area contributed by atoms with E-state index in [0.717, 1.165) is 70.6 Å². The zero-order chi connectivity index (χ0) is 18.9. The molecule has 0 radical (unpaired) electrons. The molecule has 0 N–H and O–H groups in total. The number of hydrogen-bond acceptors (Lipinski definition) is 5. The number of aromatic nitrogens is 1. The van der Waals surface area contributed by atoms with Gasteiger partial charge in [0.15, 0.2) is 0 Å². The van der Waals surface area contributed by atoms with E-state index in [1.807, 2.05) is 0 Å². The number of nitrogens with zero attached hydrogens (tertiary/aromatic N) is 5. The van der Waals surface area contributed by atoms with Crippen molar-refractivity contribution in [3.63, 3.8) is 0 Å². The molecule has 3 aliphatic heterocycles. The first-order valence-corrected chi connectivity index (χ1v) is 11.2. The molecule has 1 amide bonds. The molecule has 28 heavy (non-hydrogen) atoms. The number of hydrogen-bond donors (Lipinski definition) is 0. The molecule has 0 bridgehead atoms. The maximum Gasteiger partial charge on any atom is 0.236 e. The largest absolute Gasteiger partial charge is 0.357 e. The van der Waals surface area contributed by atoms with Crippen molar-refractivity contribution in [3.8, 4) is 0 Å². The highest BCUT2D eigenvalue weighted by Crippen LogP contribution is 2.26.